The molecule has 0 bridgehead atoms. The van der Waals surface area contributed by atoms with Gasteiger partial charge in [-0.15, -0.1) is 0 Å². The molecule has 3 aromatic rings. The average Bonchev–Trinajstić information content (AvgIpc) is 2.53. The predicted octanol–water partition coefficient (Wildman–Crippen LogP) is 3.59. The van der Waals surface area contributed by atoms with Gasteiger partial charge in [-0.05, 0) is 34.4 Å². The van der Waals surface area contributed by atoms with Crippen molar-refractivity contribution < 1.29 is 0 Å². The van der Waals surface area contributed by atoms with Gasteiger partial charge in [0.05, 0.1) is 6.04 Å². The quantitative estimate of drug-likeness (QED) is 0.557. The minimum absolute atomic E-state index is 0.127. The third-order valence-electron chi connectivity index (χ3n) is 3.66. The fourth-order valence-corrected chi connectivity index (χ4v) is 2.55. The average molecular weight is 262 g/mol. The minimum atomic E-state index is 0.127. The molecule has 0 heterocycles. The van der Waals surface area contributed by atoms with E-state index in [4.69, 9.17) is 5.84 Å². The van der Waals surface area contributed by atoms with Crippen LogP contribution in [0.15, 0.2) is 72.8 Å². The number of hydrogen-bond donors (Lipinski definition) is 2. The van der Waals surface area contributed by atoms with E-state index in [0.29, 0.717) is 0 Å². The lowest BCUT2D eigenvalue weighted by Gasteiger charge is -2.17. The normalized spacial score (nSPS) is 12.4. The molecule has 0 aliphatic carbocycles. The molecule has 0 spiro atoms. The van der Waals surface area contributed by atoms with E-state index in [-0.39, 0.29) is 6.04 Å². The molecular formula is C18H18N2. The summed E-state index contributed by atoms with van der Waals surface area (Å²) in [4.78, 5) is 0. The molecule has 0 amide bonds. The van der Waals surface area contributed by atoms with Crippen LogP contribution in [0.25, 0.3) is 10.8 Å². The Morgan fingerprint density at radius 1 is 0.800 bits per heavy atom. The van der Waals surface area contributed by atoms with Crippen molar-refractivity contribution in [3.8, 4) is 0 Å². The van der Waals surface area contributed by atoms with Crippen LogP contribution in [-0.4, -0.2) is 0 Å². The second-order valence-corrected chi connectivity index (χ2v) is 5.02. The Morgan fingerprint density at radius 3 is 2.25 bits per heavy atom. The van der Waals surface area contributed by atoms with E-state index < -0.39 is 0 Å². The highest BCUT2D eigenvalue weighted by Crippen LogP contribution is 2.22. The Hall–Kier alpha value is -2.16. The summed E-state index contributed by atoms with van der Waals surface area (Å²) in [6, 6.07) is 25.4. The number of nitrogens with one attached hydrogen (secondary N) is 1. The van der Waals surface area contributed by atoms with Crippen LogP contribution in [0.1, 0.15) is 17.2 Å². The summed E-state index contributed by atoms with van der Waals surface area (Å²) in [6.45, 7) is 0. The summed E-state index contributed by atoms with van der Waals surface area (Å²) in [5.74, 6) is 5.75. The number of benzene rings is 3. The fourth-order valence-electron chi connectivity index (χ4n) is 2.55. The van der Waals surface area contributed by atoms with Gasteiger partial charge in [-0.3, -0.25) is 11.3 Å². The Morgan fingerprint density at radius 2 is 1.50 bits per heavy atom. The van der Waals surface area contributed by atoms with Gasteiger partial charge in [0.2, 0.25) is 0 Å². The third kappa shape index (κ3) is 2.72. The summed E-state index contributed by atoms with van der Waals surface area (Å²) < 4.78 is 0. The number of hydrazine groups is 1. The van der Waals surface area contributed by atoms with Gasteiger partial charge >= 0.3 is 0 Å². The van der Waals surface area contributed by atoms with E-state index >= 15 is 0 Å². The van der Waals surface area contributed by atoms with Crippen LogP contribution in [0, 0.1) is 0 Å². The first-order valence-electron chi connectivity index (χ1n) is 6.85. The van der Waals surface area contributed by atoms with Gasteiger partial charge in [0, 0.05) is 0 Å². The van der Waals surface area contributed by atoms with E-state index in [1.165, 1.54) is 21.9 Å². The van der Waals surface area contributed by atoms with Crippen molar-refractivity contribution in [1.29, 1.82) is 0 Å². The van der Waals surface area contributed by atoms with Crippen LogP contribution >= 0.6 is 0 Å². The highest BCUT2D eigenvalue weighted by molar-refractivity contribution is 5.83. The van der Waals surface area contributed by atoms with Crippen LogP contribution in [0.3, 0.4) is 0 Å². The highest BCUT2D eigenvalue weighted by Gasteiger charge is 2.10. The minimum Gasteiger partial charge on any atom is -0.271 e. The molecule has 3 N–H and O–H groups in total. The molecule has 0 fully saturated rings. The lowest BCUT2D eigenvalue weighted by Crippen LogP contribution is -2.29. The van der Waals surface area contributed by atoms with Crippen molar-refractivity contribution in [2.45, 2.75) is 12.5 Å². The zero-order valence-electron chi connectivity index (χ0n) is 11.3. The molecule has 3 aromatic carbocycles. The number of rotatable bonds is 4. The van der Waals surface area contributed by atoms with Crippen molar-refractivity contribution >= 4 is 10.8 Å². The van der Waals surface area contributed by atoms with E-state index in [9.17, 15) is 0 Å². The Labute approximate surface area is 119 Å². The Balaban J connectivity index is 1.91. The SMILES string of the molecule is NNC(Cc1ccccc1)c1ccc2ccccc2c1. The van der Waals surface area contributed by atoms with Gasteiger partial charge in [0.1, 0.15) is 0 Å². The van der Waals surface area contributed by atoms with E-state index in [1.807, 2.05) is 6.07 Å². The van der Waals surface area contributed by atoms with Crippen LogP contribution in [0.4, 0.5) is 0 Å². The van der Waals surface area contributed by atoms with Crippen molar-refractivity contribution in [3.63, 3.8) is 0 Å². The summed E-state index contributed by atoms with van der Waals surface area (Å²) in [5, 5.41) is 2.50. The topological polar surface area (TPSA) is 38.0 Å². The third-order valence-corrected chi connectivity index (χ3v) is 3.66. The lowest BCUT2D eigenvalue weighted by atomic mass is 9.97. The predicted molar refractivity (Wildman–Crippen MR) is 84.2 cm³/mol. The molecule has 3 rings (SSSR count). The van der Waals surface area contributed by atoms with Gasteiger partial charge < -0.3 is 0 Å². The van der Waals surface area contributed by atoms with Crippen LogP contribution in [0.2, 0.25) is 0 Å². The molecule has 2 nitrogen and oxygen atoms in total. The molecule has 20 heavy (non-hydrogen) atoms. The lowest BCUT2D eigenvalue weighted by molar-refractivity contribution is 0.552. The molecule has 100 valence electrons. The van der Waals surface area contributed by atoms with Crippen LogP contribution in [0.5, 0.6) is 0 Å². The fraction of sp³-hybridized carbons (Fsp3) is 0.111. The summed E-state index contributed by atoms with van der Waals surface area (Å²) >= 11 is 0. The molecule has 0 saturated heterocycles. The molecule has 0 radical (unpaired) electrons. The molecule has 0 saturated carbocycles. The largest absolute Gasteiger partial charge is 0.271 e. The first kappa shape index (κ1) is 12.9. The second-order valence-electron chi connectivity index (χ2n) is 5.02. The molecule has 2 heteroatoms. The molecular weight excluding hydrogens is 244 g/mol. The van der Waals surface area contributed by atoms with Crippen LogP contribution < -0.4 is 11.3 Å². The summed E-state index contributed by atoms with van der Waals surface area (Å²) in [7, 11) is 0. The molecule has 1 unspecified atom stereocenters. The highest BCUT2D eigenvalue weighted by atomic mass is 15.2. The Kier molecular flexibility index (Phi) is 3.77. The zero-order valence-corrected chi connectivity index (χ0v) is 11.3. The van der Waals surface area contributed by atoms with Gasteiger partial charge in [0.25, 0.3) is 0 Å². The van der Waals surface area contributed by atoms with Gasteiger partial charge in [0.15, 0.2) is 0 Å². The number of nitrogens with two attached hydrogens (primary N) is 1. The van der Waals surface area contributed by atoms with E-state index in [2.05, 4.69) is 72.2 Å². The van der Waals surface area contributed by atoms with Gasteiger partial charge in [-0.2, -0.15) is 0 Å². The molecule has 0 aliphatic heterocycles. The zero-order chi connectivity index (χ0) is 13.8. The van der Waals surface area contributed by atoms with Gasteiger partial charge in [-0.25, -0.2) is 0 Å². The maximum absolute atomic E-state index is 5.75. The van der Waals surface area contributed by atoms with Crippen molar-refractivity contribution in [3.05, 3.63) is 83.9 Å². The van der Waals surface area contributed by atoms with Crippen LogP contribution in [-0.2, 0) is 6.42 Å². The Bertz CT molecular complexity index is 692. The number of fused-ring (bicyclic) bond motifs is 1. The summed E-state index contributed by atoms with van der Waals surface area (Å²) in [6.07, 6.45) is 0.885. The van der Waals surface area contributed by atoms with Crippen molar-refractivity contribution in [2.75, 3.05) is 0 Å². The van der Waals surface area contributed by atoms with E-state index in [1.54, 1.807) is 0 Å². The standard InChI is InChI=1S/C18H18N2/c19-20-18(12-14-6-2-1-3-7-14)17-11-10-15-8-4-5-9-16(15)13-17/h1-11,13,18,20H,12,19H2. The monoisotopic (exact) mass is 262 g/mol. The van der Waals surface area contributed by atoms with Crippen molar-refractivity contribution in [1.82, 2.24) is 5.43 Å². The van der Waals surface area contributed by atoms with E-state index in [0.717, 1.165) is 6.42 Å². The first-order chi connectivity index (χ1) is 9.86. The number of hydrogen-bond acceptors (Lipinski definition) is 2. The summed E-state index contributed by atoms with van der Waals surface area (Å²) in [5.41, 5.74) is 5.43. The first-order valence-corrected chi connectivity index (χ1v) is 6.85. The smallest absolute Gasteiger partial charge is 0.0500 e. The molecule has 1 atom stereocenters. The molecule has 0 aromatic heterocycles. The van der Waals surface area contributed by atoms with Gasteiger partial charge in [-0.1, -0.05) is 66.7 Å². The maximum Gasteiger partial charge on any atom is 0.0500 e. The van der Waals surface area contributed by atoms with Crippen molar-refractivity contribution in [2.24, 2.45) is 5.84 Å². The molecule has 0 aliphatic rings. The second kappa shape index (κ2) is 5.87. The maximum atomic E-state index is 5.75.